The Morgan fingerprint density at radius 2 is 1.75 bits per heavy atom. The van der Waals surface area contributed by atoms with E-state index in [1.807, 2.05) is 0 Å². The number of halogens is 3. The van der Waals surface area contributed by atoms with Gasteiger partial charge in [0.05, 0.1) is 5.56 Å². The van der Waals surface area contributed by atoms with E-state index in [9.17, 15) is 33.0 Å². The highest BCUT2D eigenvalue weighted by Gasteiger charge is 2.29. The lowest BCUT2D eigenvalue weighted by atomic mass is 10.1. The van der Waals surface area contributed by atoms with Crippen molar-refractivity contribution >= 4 is 17.9 Å². The molecule has 0 aliphatic carbocycles. The number of carbonyl (C=O) groups is 1. The Morgan fingerprint density at radius 1 is 1.11 bits per heavy atom. The Labute approximate surface area is 162 Å². The zero-order valence-electron chi connectivity index (χ0n) is 14.6. The Hall–Kier alpha value is -2.72. The van der Waals surface area contributed by atoms with Gasteiger partial charge in [-0.15, -0.1) is 0 Å². The second-order valence-corrected chi connectivity index (χ2v) is 6.72. The quantitative estimate of drug-likeness (QED) is 0.429. The van der Waals surface area contributed by atoms with Crippen LogP contribution in [0.25, 0.3) is 0 Å². The van der Waals surface area contributed by atoms with Gasteiger partial charge in [0.1, 0.15) is 0 Å². The van der Waals surface area contributed by atoms with Crippen molar-refractivity contribution in [3.05, 3.63) is 63.3 Å². The van der Waals surface area contributed by atoms with Gasteiger partial charge in [0.25, 0.3) is 5.91 Å². The van der Waals surface area contributed by atoms with Gasteiger partial charge in [-0.05, 0) is 60.8 Å². The molecule has 150 valence electrons. The Balaban J connectivity index is 1.86. The van der Waals surface area contributed by atoms with Crippen LogP contribution in [0.15, 0.2) is 46.1 Å². The predicted molar refractivity (Wildman–Crippen MR) is 98.4 cm³/mol. The van der Waals surface area contributed by atoms with Crippen molar-refractivity contribution in [3.63, 3.8) is 0 Å². The first-order valence-electron chi connectivity index (χ1n) is 8.01. The molecule has 0 saturated heterocycles. The summed E-state index contributed by atoms with van der Waals surface area (Å²) in [5.41, 5.74) is -1.22. The van der Waals surface area contributed by atoms with Gasteiger partial charge < -0.3 is 15.5 Å². The van der Waals surface area contributed by atoms with Crippen molar-refractivity contribution in [1.82, 2.24) is 10.0 Å². The summed E-state index contributed by atoms with van der Waals surface area (Å²) in [7, 11) is 0. The minimum absolute atomic E-state index is 0.0327. The van der Waals surface area contributed by atoms with Gasteiger partial charge in [-0.3, -0.25) is 14.3 Å². The van der Waals surface area contributed by atoms with Gasteiger partial charge in [-0.25, -0.2) is 0 Å². The minimum Gasteiger partial charge on any atom is -0.504 e. The van der Waals surface area contributed by atoms with Crippen molar-refractivity contribution in [3.8, 4) is 11.5 Å². The molecule has 2 aromatic rings. The number of carbonyl (C=O) groups excluding carboxylic acids is 1. The number of alkyl halides is 3. The third-order valence-electron chi connectivity index (χ3n) is 3.66. The molecule has 10 heteroatoms. The second kappa shape index (κ2) is 8.98. The maximum atomic E-state index is 12.5. The van der Waals surface area contributed by atoms with Crippen LogP contribution in [-0.2, 0) is 6.18 Å². The van der Waals surface area contributed by atoms with Crippen LogP contribution in [0.3, 0.4) is 0 Å². The van der Waals surface area contributed by atoms with Crippen molar-refractivity contribution < 1.29 is 28.2 Å². The molecule has 4 N–H and O–H groups in total. The van der Waals surface area contributed by atoms with Crippen LogP contribution in [0.5, 0.6) is 11.5 Å². The summed E-state index contributed by atoms with van der Waals surface area (Å²) in [6, 6.07) is 6.69. The van der Waals surface area contributed by atoms with Gasteiger partial charge in [-0.2, -0.15) is 13.2 Å². The summed E-state index contributed by atoms with van der Waals surface area (Å²) >= 11 is 1.11. The fraction of sp³-hybridized carbons (Fsp3) is 0.222. The van der Waals surface area contributed by atoms with Gasteiger partial charge in [-0.1, -0.05) is 0 Å². The smallest absolute Gasteiger partial charge is 0.416 e. The third-order valence-corrected chi connectivity index (χ3v) is 4.51. The van der Waals surface area contributed by atoms with E-state index in [1.165, 1.54) is 19.1 Å². The largest absolute Gasteiger partial charge is 0.504 e. The van der Waals surface area contributed by atoms with Crippen molar-refractivity contribution in [2.75, 3.05) is 13.1 Å². The SMILES string of the molecule is Cc1cc(=O)c(O)c(O)cc1C(=O)NCCNSc1ccc(C(F)(F)F)cc1. The van der Waals surface area contributed by atoms with E-state index in [-0.39, 0.29) is 17.7 Å². The Morgan fingerprint density at radius 3 is 2.36 bits per heavy atom. The molecule has 0 spiro atoms. The zero-order valence-corrected chi connectivity index (χ0v) is 15.4. The summed E-state index contributed by atoms with van der Waals surface area (Å²) in [6.45, 7) is 1.98. The van der Waals surface area contributed by atoms with E-state index < -0.39 is 34.6 Å². The molecular formula is C18H17F3N2O4S. The molecule has 28 heavy (non-hydrogen) atoms. The molecule has 0 unspecified atom stereocenters. The maximum absolute atomic E-state index is 12.5. The number of aromatic hydroxyl groups is 2. The summed E-state index contributed by atoms with van der Waals surface area (Å²) in [6.07, 6.45) is -4.38. The second-order valence-electron chi connectivity index (χ2n) is 5.76. The van der Waals surface area contributed by atoms with Crippen molar-refractivity contribution in [2.45, 2.75) is 18.0 Å². The highest BCUT2D eigenvalue weighted by atomic mass is 32.2. The van der Waals surface area contributed by atoms with Gasteiger partial charge in [0.2, 0.25) is 11.2 Å². The maximum Gasteiger partial charge on any atom is 0.416 e. The summed E-state index contributed by atoms with van der Waals surface area (Å²) in [4.78, 5) is 24.3. The van der Waals surface area contributed by atoms with Gasteiger partial charge in [0.15, 0.2) is 5.75 Å². The van der Waals surface area contributed by atoms with Gasteiger partial charge in [0, 0.05) is 23.5 Å². The number of hydrogen-bond donors (Lipinski definition) is 4. The summed E-state index contributed by atoms with van der Waals surface area (Å²) < 4.78 is 40.4. The molecule has 2 rings (SSSR count). The standard InChI is InChI=1S/C18H17F3N2O4S/c1-10-8-14(24)16(26)15(25)9-13(10)17(27)22-6-7-23-28-12-4-2-11(3-5-12)18(19,20)21/h2-5,8-9,23H,6-7H2,1H3,(H,22,27)(H2,24,25,26). The number of aryl methyl sites for hydroxylation is 1. The highest BCUT2D eigenvalue weighted by molar-refractivity contribution is 7.97. The van der Waals surface area contributed by atoms with E-state index in [4.69, 9.17) is 0 Å². The van der Waals surface area contributed by atoms with E-state index in [1.54, 1.807) is 0 Å². The molecule has 0 fully saturated rings. The molecule has 1 amide bonds. The molecule has 0 bridgehead atoms. The monoisotopic (exact) mass is 414 g/mol. The molecule has 0 aliphatic heterocycles. The van der Waals surface area contributed by atoms with Crippen molar-refractivity contribution in [1.29, 1.82) is 0 Å². The molecule has 6 nitrogen and oxygen atoms in total. The molecule has 0 saturated carbocycles. The minimum atomic E-state index is -4.38. The first-order chi connectivity index (χ1) is 13.1. The molecule has 0 aliphatic rings. The lowest BCUT2D eigenvalue weighted by Gasteiger charge is -2.09. The van der Waals surface area contributed by atoms with Crippen LogP contribution in [0.2, 0.25) is 0 Å². The first-order valence-corrected chi connectivity index (χ1v) is 8.83. The molecule has 2 aromatic carbocycles. The molecule has 0 radical (unpaired) electrons. The topological polar surface area (TPSA) is 98.7 Å². The zero-order chi connectivity index (χ0) is 20.9. The third kappa shape index (κ3) is 5.64. The Bertz CT molecular complexity index is 918. The number of hydrogen-bond acceptors (Lipinski definition) is 6. The lowest BCUT2D eigenvalue weighted by Crippen LogP contribution is -2.30. The van der Waals surface area contributed by atoms with E-state index >= 15 is 0 Å². The first kappa shape index (κ1) is 21.6. The fourth-order valence-corrected chi connectivity index (χ4v) is 2.84. The Kier molecular flexibility index (Phi) is 6.92. The van der Waals surface area contributed by atoms with E-state index in [0.717, 1.165) is 36.2 Å². The van der Waals surface area contributed by atoms with Crippen LogP contribution < -0.4 is 15.5 Å². The fourth-order valence-electron chi connectivity index (χ4n) is 2.20. The normalized spacial score (nSPS) is 11.3. The van der Waals surface area contributed by atoms with E-state index in [2.05, 4.69) is 10.0 Å². The summed E-state index contributed by atoms with van der Waals surface area (Å²) in [5, 5.41) is 21.6. The molecule has 0 heterocycles. The highest BCUT2D eigenvalue weighted by Crippen LogP contribution is 2.30. The van der Waals surface area contributed by atoms with Crippen LogP contribution >= 0.6 is 11.9 Å². The summed E-state index contributed by atoms with van der Waals surface area (Å²) in [5.74, 6) is -2.08. The van der Waals surface area contributed by atoms with Crippen LogP contribution in [0, 0.1) is 6.92 Å². The average Bonchev–Trinajstić information content (AvgIpc) is 2.72. The number of nitrogens with one attached hydrogen (secondary N) is 2. The number of benzene rings is 1. The van der Waals surface area contributed by atoms with Crippen LogP contribution in [-0.4, -0.2) is 29.2 Å². The van der Waals surface area contributed by atoms with Crippen LogP contribution in [0.4, 0.5) is 13.2 Å². The predicted octanol–water partition coefficient (Wildman–Crippen LogP) is 2.81. The number of rotatable bonds is 6. The molecular weight excluding hydrogens is 397 g/mol. The van der Waals surface area contributed by atoms with E-state index in [0.29, 0.717) is 11.4 Å². The average molecular weight is 414 g/mol. The lowest BCUT2D eigenvalue weighted by molar-refractivity contribution is -0.137. The number of amides is 1. The van der Waals surface area contributed by atoms with Gasteiger partial charge >= 0.3 is 6.18 Å². The molecule has 0 atom stereocenters. The van der Waals surface area contributed by atoms with Crippen LogP contribution in [0.1, 0.15) is 21.5 Å². The molecule has 0 aromatic heterocycles. The van der Waals surface area contributed by atoms with Crippen molar-refractivity contribution in [2.24, 2.45) is 0 Å².